The zero-order chi connectivity index (χ0) is 39.3. The van der Waals surface area contributed by atoms with Gasteiger partial charge in [-0.25, -0.2) is 9.97 Å². The third-order valence-electron chi connectivity index (χ3n) is 9.91. The highest BCUT2D eigenvalue weighted by atomic mass is 127. The van der Waals surface area contributed by atoms with Gasteiger partial charge in [0.05, 0.1) is 22.8 Å². The second kappa shape index (κ2) is 15.5. The van der Waals surface area contributed by atoms with Crippen molar-refractivity contribution in [3.05, 3.63) is 161 Å². The van der Waals surface area contributed by atoms with E-state index >= 15 is 0 Å². The molecule has 3 aromatic heterocycles. The van der Waals surface area contributed by atoms with Crippen LogP contribution >= 0.6 is 61.1 Å². The molecule has 0 saturated carbocycles. The van der Waals surface area contributed by atoms with Crippen molar-refractivity contribution in [3.63, 3.8) is 0 Å². The highest BCUT2D eigenvalue weighted by molar-refractivity contribution is 14.1. The average molecular weight is 1040 g/mol. The molecular weight excluding hydrogens is 1010 g/mol. The van der Waals surface area contributed by atoms with Crippen LogP contribution in [0.15, 0.2) is 126 Å². The molecule has 0 atom stereocenters. The maximum absolute atomic E-state index is 5.45. The Morgan fingerprint density at radius 3 is 1.11 bits per heavy atom. The Labute approximate surface area is 369 Å². The van der Waals surface area contributed by atoms with Gasteiger partial charge in [-0.05, 0) is 165 Å². The lowest BCUT2D eigenvalue weighted by molar-refractivity contribution is 1.31. The van der Waals surface area contributed by atoms with E-state index in [1.54, 1.807) is 0 Å². The molecule has 2 aliphatic heterocycles. The summed E-state index contributed by atoms with van der Waals surface area (Å²) in [5, 5.41) is 0. The van der Waals surface area contributed by atoms with Crippen molar-refractivity contribution >= 4 is 116 Å². The summed E-state index contributed by atoms with van der Waals surface area (Å²) in [6.07, 6.45) is 8.57. The van der Waals surface area contributed by atoms with Gasteiger partial charge < -0.3 is 9.97 Å². The van der Waals surface area contributed by atoms with Gasteiger partial charge in [0.15, 0.2) is 0 Å². The van der Waals surface area contributed by atoms with E-state index in [-0.39, 0.29) is 0 Å². The Morgan fingerprint density at radius 1 is 0.456 bits per heavy atom. The van der Waals surface area contributed by atoms with Crippen molar-refractivity contribution in [2.45, 2.75) is 19.6 Å². The smallest absolute Gasteiger partial charge is 0.129 e. The summed E-state index contributed by atoms with van der Waals surface area (Å²) in [5.74, 6) is 3.42. The normalized spacial score (nSPS) is 12.1. The number of benzene rings is 4. The van der Waals surface area contributed by atoms with Gasteiger partial charge in [0.25, 0.3) is 0 Å². The van der Waals surface area contributed by atoms with Crippen molar-refractivity contribution in [1.82, 2.24) is 19.9 Å². The molecule has 0 saturated heterocycles. The zero-order valence-corrected chi connectivity index (χ0v) is 38.3. The van der Waals surface area contributed by atoms with Crippen molar-refractivity contribution in [1.29, 1.82) is 0 Å². The molecule has 0 radical (unpaired) electrons. The molecule has 7 aromatic rings. The second-order valence-corrected chi connectivity index (χ2v) is 23.3. The van der Waals surface area contributed by atoms with E-state index in [0.717, 1.165) is 99.4 Å². The molecule has 2 N–H and O–H groups in total. The fourth-order valence-corrected chi connectivity index (χ4v) is 8.75. The van der Waals surface area contributed by atoms with E-state index in [9.17, 15) is 0 Å². The molecule has 0 spiro atoms. The highest BCUT2D eigenvalue weighted by Gasteiger charge is 2.19. The van der Waals surface area contributed by atoms with Crippen LogP contribution in [-0.2, 0) is 0 Å². The van der Waals surface area contributed by atoms with Gasteiger partial charge in [-0.3, -0.25) is 0 Å². The van der Waals surface area contributed by atoms with Gasteiger partial charge in [0.1, 0.15) is 8.07 Å². The topological polar surface area (TPSA) is 57.4 Å². The van der Waals surface area contributed by atoms with Crippen molar-refractivity contribution in [3.8, 4) is 56.0 Å². The monoisotopic (exact) mass is 1040 g/mol. The second-order valence-electron chi connectivity index (χ2n) is 15.1. The number of fused-ring (bicyclic) bond motifs is 8. The minimum absolute atomic E-state index is 0.878. The van der Waals surface area contributed by atoms with E-state index in [2.05, 4.69) is 248 Å². The predicted octanol–water partition coefficient (Wildman–Crippen LogP) is 14.5. The van der Waals surface area contributed by atoms with Gasteiger partial charge in [0, 0.05) is 61.5 Å². The number of nitrogens with one attached hydrogen (secondary N) is 2. The number of nitrogens with zero attached hydrogens (tertiary/aromatic N) is 2. The van der Waals surface area contributed by atoms with Gasteiger partial charge in [-0.15, -0.1) is 5.54 Å². The molecule has 9 rings (SSSR count). The summed E-state index contributed by atoms with van der Waals surface area (Å²) < 4.78 is 3.38. The summed E-state index contributed by atoms with van der Waals surface area (Å²) in [5.41, 5.74) is 20.4. The first-order valence-corrected chi connectivity index (χ1v) is 25.1. The SMILES string of the molecule is C[Si](C)(C)C#Cc1ccc(-c2c3nc(c(-c4ccc(Br)cc4)c4ccc([nH]4)c(-c4ccc(I)cc4)c4nc(c(-c5ccc(I)cc5)c5ccc2[nH]5)C=C4)C=C3)cc1. The van der Waals surface area contributed by atoms with Crippen LogP contribution in [0.5, 0.6) is 0 Å². The Morgan fingerprint density at radius 2 is 0.772 bits per heavy atom. The third-order valence-corrected chi connectivity index (χ3v) is 12.7. The fraction of sp³-hybridized carbons (Fsp3) is 0.0612. The lowest BCUT2D eigenvalue weighted by Crippen LogP contribution is -2.16. The molecule has 5 heterocycles. The molecule has 8 bridgehead atoms. The molecule has 0 fully saturated rings. The Kier molecular flexibility index (Phi) is 10.3. The van der Waals surface area contributed by atoms with Gasteiger partial charge in [-0.2, -0.15) is 0 Å². The van der Waals surface area contributed by atoms with E-state index in [4.69, 9.17) is 9.97 Å². The van der Waals surface area contributed by atoms with Crippen LogP contribution in [0.3, 0.4) is 0 Å². The van der Waals surface area contributed by atoms with Crippen LogP contribution in [0.1, 0.15) is 28.3 Å². The number of halogens is 3. The molecule has 8 heteroatoms. The van der Waals surface area contributed by atoms with Crippen LogP contribution < -0.4 is 0 Å². The van der Waals surface area contributed by atoms with E-state index in [1.165, 1.54) is 7.14 Å². The van der Waals surface area contributed by atoms with E-state index < -0.39 is 8.07 Å². The average Bonchev–Trinajstić information content (AvgIpc) is 4.04. The molecule has 2 aliphatic rings. The van der Waals surface area contributed by atoms with Gasteiger partial charge in [-0.1, -0.05) is 90.0 Å². The molecule has 57 heavy (non-hydrogen) atoms. The maximum atomic E-state index is 5.45. The Hall–Kier alpha value is -4.80. The van der Waals surface area contributed by atoms with Crippen LogP contribution in [0, 0.1) is 18.6 Å². The number of H-pyrrole nitrogens is 2. The third kappa shape index (κ3) is 7.91. The number of hydrogen-bond donors (Lipinski definition) is 2. The fourth-order valence-electron chi connectivity index (χ4n) is 7.25. The van der Waals surface area contributed by atoms with Crippen molar-refractivity contribution in [2.75, 3.05) is 0 Å². The summed E-state index contributed by atoms with van der Waals surface area (Å²) in [6.45, 7) is 6.81. The van der Waals surface area contributed by atoms with Crippen LogP contribution in [-0.4, -0.2) is 28.0 Å². The van der Waals surface area contributed by atoms with E-state index in [1.807, 2.05) is 0 Å². The van der Waals surface area contributed by atoms with Gasteiger partial charge in [0.2, 0.25) is 0 Å². The maximum Gasteiger partial charge on any atom is 0.129 e. The minimum Gasteiger partial charge on any atom is -0.354 e. The van der Waals surface area contributed by atoms with Crippen LogP contribution in [0.4, 0.5) is 0 Å². The Bertz CT molecular complexity index is 2950. The van der Waals surface area contributed by atoms with Crippen LogP contribution in [0.25, 0.3) is 90.9 Å². The first-order chi connectivity index (χ1) is 27.6. The van der Waals surface area contributed by atoms with Crippen molar-refractivity contribution in [2.24, 2.45) is 0 Å². The Balaban J connectivity index is 1.42. The first-order valence-electron chi connectivity index (χ1n) is 18.6. The minimum atomic E-state index is -1.53. The summed E-state index contributed by atoms with van der Waals surface area (Å²) in [4.78, 5) is 18.6. The molecule has 4 nitrogen and oxygen atoms in total. The van der Waals surface area contributed by atoms with Crippen molar-refractivity contribution < 1.29 is 0 Å². The quantitative estimate of drug-likeness (QED) is 0.105. The predicted molar refractivity (Wildman–Crippen MR) is 264 cm³/mol. The molecule has 276 valence electrons. The molecule has 0 amide bonds. The molecule has 0 unspecified atom stereocenters. The number of aromatic nitrogens is 4. The highest BCUT2D eigenvalue weighted by Crippen LogP contribution is 2.39. The largest absolute Gasteiger partial charge is 0.354 e. The summed E-state index contributed by atoms with van der Waals surface area (Å²) >= 11 is 8.38. The number of hydrogen-bond acceptors (Lipinski definition) is 2. The standard InChI is InChI=1S/C49H35BrI2N4Si/c1-57(2,3)29-28-30-4-6-31(7-5-30)46-38-20-22-40(53-38)47(32-8-14-35(50)15-9-32)41-23-25-43(55-41)49(34-12-18-37(52)19-13-34)45-27-26-44(56-45)48(42-24-21-39(46)54-42)33-10-16-36(51)17-11-33/h4-27,54-55H,1-3H3. The molecular formula is C49H35BrI2N4Si. The summed E-state index contributed by atoms with van der Waals surface area (Å²) in [7, 11) is -1.53. The zero-order valence-electron chi connectivity index (χ0n) is 31.4. The van der Waals surface area contributed by atoms with E-state index in [0.29, 0.717) is 0 Å². The number of rotatable bonds is 4. The molecule has 4 aromatic carbocycles. The lowest BCUT2D eigenvalue weighted by atomic mass is 10.0. The lowest BCUT2D eigenvalue weighted by Gasteiger charge is -2.07. The van der Waals surface area contributed by atoms with Gasteiger partial charge >= 0.3 is 0 Å². The van der Waals surface area contributed by atoms with Crippen LogP contribution in [0.2, 0.25) is 19.6 Å². The summed E-state index contributed by atoms with van der Waals surface area (Å²) in [6, 6.07) is 43.1. The number of aromatic amines is 2. The molecule has 0 aliphatic carbocycles. The first kappa shape index (κ1) is 37.8.